The topological polar surface area (TPSA) is 69.2 Å². The Morgan fingerprint density at radius 3 is 2.14 bits per heavy atom. The van der Waals surface area contributed by atoms with Gasteiger partial charge in [0.1, 0.15) is 0 Å². The maximum absolute atomic E-state index is 10.2. The molecule has 0 unspecified atom stereocenters. The molecule has 0 fully saturated rings. The zero-order valence-electron chi connectivity index (χ0n) is 7.85. The molecule has 0 atom stereocenters. The average Bonchev–Trinajstić information content (AvgIpc) is 1.91. The van der Waals surface area contributed by atoms with Crippen LogP contribution in [0.5, 0.6) is 0 Å². The Hall–Kier alpha value is 1.15. The van der Waals surface area contributed by atoms with E-state index in [-0.39, 0.29) is 64.8 Å². The van der Waals surface area contributed by atoms with Crippen molar-refractivity contribution in [2.24, 2.45) is 0 Å². The molecule has 0 bridgehead atoms. The van der Waals surface area contributed by atoms with E-state index in [1.807, 2.05) is 0 Å². The summed E-state index contributed by atoms with van der Waals surface area (Å²) in [5.74, 6) is 0. The van der Waals surface area contributed by atoms with Crippen molar-refractivity contribution in [3.8, 4) is 0 Å². The third kappa shape index (κ3) is 6.60. The van der Waals surface area contributed by atoms with E-state index in [9.17, 15) is 13.0 Å². The summed E-state index contributed by atoms with van der Waals surface area (Å²) in [5, 5.41) is 0. The molecule has 4 nitrogen and oxygen atoms in total. The van der Waals surface area contributed by atoms with E-state index in [2.05, 4.69) is 0 Å². The zero-order valence-corrected chi connectivity index (χ0v) is 13.5. The van der Waals surface area contributed by atoms with Crippen LogP contribution in [0.3, 0.4) is 0 Å². The Morgan fingerprint density at radius 1 is 1.21 bits per heavy atom. The van der Waals surface area contributed by atoms with Crippen molar-refractivity contribution < 1.29 is 72.1 Å². The molecule has 0 spiro atoms. The van der Waals surface area contributed by atoms with Gasteiger partial charge in [0, 0.05) is 5.69 Å². The van der Waals surface area contributed by atoms with Crippen LogP contribution in [0.1, 0.15) is 0 Å². The number of nitrogens with one attached hydrogen (secondary N) is 1. The van der Waals surface area contributed by atoms with Gasteiger partial charge < -0.3 is 17.2 Å². The second-order valence-corrected chi connectivity index (χ2v) is 3.60. The average molecular weight is 249 g/mol. The standard InChI is InChI=1S/C6H7NO3S2.2Na/c8-12(9,10)7-5-3-1-2-4-6(5)11;;/h1-4,7,11H,(H,8,9,10);;/q;2*+1/p-2. The summed E-state index contributed by atoms with van der Waals surface area (Å²) in [4.78, 5) is 0.303. The summed E-state index contributed by atoms with van der Waals surface area (Å²) in [6, 6.07) is 6.20. The Bertz CT molecular complexity index is 382. The van der Waals surface area contributed by atoms with Gasteiger partial charge in [0.05, 0.1) is 0 Å². The van der Waals surface area contributed by atoms with Crippen molar-refractivity contribution in [1.82, 2.24) is 0 Å². The fraction of sp³-hybridized carbons (Fsp3) is 0. The van der Waals surface area contributed by atoms with Crippen LogP contribution in [0, 0.1) is 0 Å². The van der Waals surface area contributed by atoms with Gasteiger partial charge in [-0.3, -0.25) is 4.72 Å². The molecule has 0 aliphatic heterocycles. The number of benzene rings is 1. The molecule has 0 saturated carbocycles. The minimum absolute atomic E-state index is 0. The Labute approximate surface area is 133 Å². The number of rotatable bonds is 2. The molecule has 0 aliphatic rings. The molecule has 1 aromatic carbocycles. The number of anilines is 1. The van der Waals surface area contributed by atoms with Crippen LogP contribution in [0.25, 0.3) is 0 Å². The van der Waals surface area contributed by atoms with Crippen molar-refractivity contribution in [1.29, 1.82) is 0 Å². The van der Waals surface area contributed by atoms with Crippen LogP contribution in [0.4, 0.5) is 5.69 Å². The SMILES string of the molecule is O=S(=O)([O-])Nc1ccccc1[S-].[Na+].[Na+]. The van der Waals surface area contributed by atoms with E-state index in [0.717, 1.165) is 0 Å². The second-order valence-electron chi connectivity index (χ2n) is 2.05. The predicted octanol–water partition coefficient (Wildman–Crippen LogP) is -5.53. The zero-order chi connectivity index (χ0) is 9.19. The van der Waals surface area contributed by atoms with E-state index in [1.54, 1.807) is 16.9 Å². The van der Waals surface area contributed by atoms with Crippen LogP contribution < -0.4 is 63.8 Å². The molecular formula is C6H5NNa2O3S2. The Balaban J connectivity index is 0. The van der Waals surface area contributed by atoms with Crippen molar-refractivity contribution >= 4 is 28.6 Å². The summed E-state index contributed by atoms with van der Waals surface area (Å²) < 4.78 is 32.5. The normalized spacial score (nSPS) is 9.50. The van der Waals surface area contributed by atoms with Gasteiger partial charge in [-0.25, -0.2) is 8.42 Å². The minimum Gasteiger partial charge on any atom is -0.778 e. The third-order valence-corrected chi connectivity index (χ3v) is 1.95. The van der Waals surface area contributed by atoms with Crippen molar-refractivity contribution in [2.45, 2.75) is 4.90 Å². The van der Waals surface area contributed by atoms with Gasteiger partial charge in [-0.15, -0.1) is 0 Å². The van der Waals surface area contributed by atoms with Crippen LogP contribution in [0.15, 0.2) is 29.2 Å². The summed E-state index contributed by atoms with van der Waals surface area (Å²) in [6.07, 6.45) is 0. The largest absolute Gasteiger partial charge is 1.00 e. The van der Waals surface area contributed by atoms with Crippen LogP contribution >= 0.6 is 0 Å². The van der Waals surface area contributed by atoms with Crippen LogP contribution in [0.2, 0.25) is 0 Å². The van der Waals surface area contributed by atoms with Crippen molar-refractivity contribution in [2.75, 3.05) is 4.72 Å². The molecule has 0 heterocycles. The van der Waals surface area contributed by atoms with Gasteiger partial charge in [-0.1, -0.05) is 18.2 Å². The smallest absolute Gasteiger partial charge is 0.778 e. The second kappa shape index (κ2) is 7.43. The number of hydrogen-bond acceptors (Lipinski definition) is 4. The summed E-state index contributed by atoms with van der Waals surface area (Å²) in [6.45, 7) is 0. The molecule has 8 heteroatoms. The van der Waals surface area contributed by atoms with Gasteiger partial charge in [0.25, 0.3) is 0 Å². The van der Waals surface area contributed by atoms with E-state index in [4.69, 9.17) is 12.6 Å². The first-order valence-electron chi connectivity index (χ1n) is 2.99. The maximum Gasteiger partial charge on any atom is 1.00 e. The number of para-hydroxylation sites is 1. The van der Waals surface area contributed by atoms with E-state index >= 15 is 0 Å². The summed E-state index contributed by atoms with van der Waals surface area (Å²) in [5.41, 5.74) is 0.141. The van der Waals surface area contributed by atoms with Gasteiger partial charge in [-0.2, -0.15) is 4.90 Å². The van der Waals surface area contributed by atoms with Gasteiger partial charge >= 0.3 is 59.1 Å². The van der Waals surface area contributed by atoms with Gasteiger partial charge in [-0.05, 0) is 6.07 Å². The Kier molecular flexibility index (Phi) is 9.31. The van der Waals surface area contributed by atoms with Gasteiger partial charge in [0.15, 0.2) is 10.3 Å². The van der Waals surface area contributed by atoms with Crippen LogP contribution in [-0.2, 0) is 22.9 Å². The molecule has 1 rings (SSSR count). The first-order valence-corrected chi connectivity index (χ1v) is 4.80. The first kappa shape index (κ1) is 17.5. The molecule has 0 saturated heterocycles. The number of hydrogen-bond donors (Lipinski definition) is 1. The fourth-order valence-electron chi connectivity index (χ4n) is 0.686. The van der Waals surface area contributed by atoms with E-state index in [0.29, 0.717) is 4.90 Å². The maximum atomic E-state index is 10.2. The first-order chi connectivity index (χ1) is 5.49. The molecule has 0 aliphatic carbocycles. The summed E-state index contributed by atoms with van der Waals surface area (Å²) in [7, 11) is -4.47. The fourth-order valence-corrected chi connectivity index (χ4v) is 1.40. The van der Waals surface area contributed by atoms with Crippen molar-refractivity contribution in [3.05, 3.63) is 24.3 Å². The molecule has 1 aromatic rings. The molecular weight excluding hydrogens is 244 g/mol. The van der Waals surface area contributed by atoms with Crippen LogP contribution in [-0.4, -0.2) is 13.0 Å². The molecule has 0 radical (unpaired) electrons. The summed E-state index contributed by atoms with van der Waals surface area (Å²) >= 11 is 4.75. The van der Waals surface area contributed by atoms with E-state index < -0.39 is 10.3 Å². The third-order valence-electron chi connectivity index (χ3n) is 1.12. The van der Waals surface area contributed by atoms with E-state index in [1.165, 1.54) is 12.1 Å². The molecule has 66 valence electrons. The molecule has 14 heavy (non-hydrogen) atoms. The molecule has 0 amide bonds. The quantitative estimate of drug-likeness (QED) is 0.322. The minimum atomic E-state index is -4.47. The monoisotopic (exact) mass is 249 g/mol. The molecule has 0 aromatic heterocycles. The predicted molar refractivity (Wildman–Crippen MR) is 45.4 cm³/mol. The van der Waals surface area contributed by atoms with Crippen molar-refractivity contribution in [3.63, 3.8) is 0 Å². The molecule has 1 N–H and O–H groups in total. The van der Waals surface area contributed by atoms with Gasteiger partial charge in [0.2, 0.25) is 0 Å². The Morgan fingerprint density at radius 2 is 1.71 bits per heavy atom.